The average Bonchev–Trinajstić information content (AvgIpc) is 2.79. The Kier molecular flexibility index (Phi) is 6.08. The number of sulfonamides is 1. The molecule has 0 amide bonds. The molecule has 0 saturated heterocycles. The summed E-state index contributed by atoms with van der Waals surface area (Å²) in [6.07, 6.45) is 4.37. The topological polar surface area (TPSA) is 49.4 Å². The lowest BCUT2D eigenvalue weighted by Gasteiger charge is -2.30. The zero-order valence-corrected chi connectivity index (χ0v) is 13.0. The molecule has 0 aromatic heterocycles. The largest absolute Gasteiger partial charge is 0.313 e. The van der Waals surface area contributed by atoms with E-state index in [-0.39, 0.29) is 11.3 Å². The Hall–Kier alpha value is -0.130. The number of hydrogen-bond acceptors (Lipinski definition) is 3. The molecular formula is C13H28N2O2S. The summed E-state index contributed by atoms with van der Waals surface area (Å²) in [5, 5.41) is 2.87. The van der Waals surface area contributed by atoms with Crippen LogP contribution < -0.4 is 5.32 Å². The second-order valence-electron chi connectivity index (χ2n) is 5.56. The van der Waals surface area contributed by atoms with Crippen molar-refractivity contribution in [2.45, 2.75) is 70.7 Å². The number of nitrogens with zero attached hydrogens (tertiary/aromatic N) is 1. The van der Waals surface area contributed by atoms with Gasteiger partial charge in [0.1, 0.15) is 0 Å². The lowest BCUT2D eigenvalue weighted by atomic mass is 10.2. The predicted octanol–water partition coefficient (Wildman–Crippen LogP) is 1.97. The van der Waals surface area contributed by atoms with Crippen LogP contribution in [0.1, 0.15) is 53.4 Å². The molecule has 1 saturated carbocycles. The Morgan fingerprint density at radius 1 is 1.22 bits per heavy atom. The quantitative estimate of drug-likeness (QED) is 0.773. The van der Waals surface area contributed by atoms with Crippen LogP contribution in [0, 0.1) is 0 Å². The van der Waals surface area contributed by atoms with Crippen LogP contribution in [0.5, 0.6) is 0 Å². The van der Waals surface area contributed by atoms with Gasteiger partial charge in [0, 0.05) is 25.2 Å². The van der Waals surface area contributed by atoms with Crippen LogP contribution in [0.15, 0.2) is 0 Å². The van der Waals surface area contributed by atoms with E-state index in [9.17, 15) is 8.42 Å². The lowest BCUT2D eigenvalue weighted by Crippen LogP contribution is -2.46. The normalized spacial score (nSPS) is 19.9. The van der Waals surface area contributed by atoms with Gasteiger partial charge in [0.15, 0.2) is 0 Å². The molecule has 5 heteroatoms. The van der Waals surface area contributed by atoms with Crippen LogP contribution in [0.4, 0.5) is 0 Å². The van der Waals surface area contributed by atoms with Crippen molar-refractivity contribution in [3.8, 4) is 0 Å². The first-order chi connectivity index (χ1) is 8.39. The molecule has 1 N–H and O–H groups in total. The van der Waals surface area contributed by atoms with Crippen molar-refractivity contribution in [3.05, 3.63) is 0 Å². The van der Waals surface area contributed by atoms with Gasteiger partial charge in [-0.1, -0.05) is 33.6 Å². The first-order valence-electron chi connectivity index (χ1n) is 7.13. The molecule has 0 aliphatic heterocycles. The van der Waals surface area contributed by atoms with E-state index < -0.39 is 10.0 Å². The molecule has 108 valence electrons. The monoisotopic (exact) mass is 276 g/mol. The first-order valence-corrected chi connectivity index (χ1v) is 8.64. The van der Waals surface area contributed by atoms with Gasteiger partial charge in [0.05, 0.1) is 5.25 Å². The second-order valence-corrected chi connectivity index (χ2v) is 7.86. The molecule has 0 spiro atoms. The van der Waals surface area contributed by atoms with Gasteiger partial charge in [-0.25, -0.2) is 8.42 Å². The van der Waals surface area contributed by atoms with Gasteiger partial charge in [-0.05, 0) is 19.8 Å². The van der Waals surface area contributed by atoms with Gasteiger partial charge >= 0.3 is 0 Å². The van der Waals surface area contributed by atoms with E-state index in [2.05, 4.69) is 5.32 Å². The highest BCUT2D eigenvalue weighted by Crippen LogP contribution is 2.26. The molecule has 1 aliphatic carbocycles. The first kappa shape index (κ1) is 15.9. The van der Waals surface area contributed by atoms with Gasteiger partial charge in [-0.2, -0.15) is 4.31 Å². The minimum atomic E-state index is -3.16. The fraction of sp³-hybridized carbons (Fsp3) is 1.00. The molecule has 4 nitrogen and oxygen atoms in total. The van der Waals surface area contributed by atoms with E-state index in [1.165, 1.54) is 0 Å². The van der Waals surface area contributed by atoms with E-state index in [0.29, 0.717) is 19.1 Å². The molecule has 18 heavy (non-hydrogen) atoms. The smallest absolute Gasteiger partial charge is 0.218 e. The van der Waals surface area contributed by atoms with Crippen molar-refractivity contribution in [1.29, 1.82) is 0 Å². The van der Waals surface area contributed by atoms with E-state index in [0.717, 1.165) is 25.7 Å². The zero-order chi connectivity index (χ0) is 13.8. The molecule has 0 aromatic rings. The number of rotatable bonds is 7. The van der Waals surface area contributed by atoms with Crippen molar-refractivity contribution in [2.24, 2.45) is 0 Å². The Labute approximate surface area is 112 Å². The molecule has 0 heterocycles. The SMILES string of the molecule is CCN(C1CCCC1)S(=O)(=O)C(C)CNC(C)C. The van der Waals surface area contributed by atoms with E-state index >= 15 is 0 Å². The van der Waals surface area contributed by atoms with Crippen LogP contribution in [0.3, 0.4) is 0 Å². The highest BCUT2D eigenvalue weighted by Gasteiger charge is 2.34. The zero-order valence-electron chi connectivity index (χ0n) is 12.1. The van der Waals surface area contributed by atoms with Crippen molar-refractivity contribution in [2.75, 3.05) is 13.1 Å². The molecule has 1 atom stereocenters. The molecule has 1 rings (SSSR count). The molecule has 0 bridgehead atoms. The van der Waals surface area contributed by atoms with Gasteiger partial charge in [-0.3, -0.25) is 0 Å². The highest BCUT2D eigenvalue weighted by atomic mass is 32.2. The van der Waals surface area contributed by atoms with Crippen LogP contribution in [-0.2, 0) is 10.0 Å². The molecule has 1 fully saturated rings. The summed E-state index contributed by atoms with van der Waals surface area (Å²) < 4.78 is 26.8. The van der Waals surface area contributed by atoms with Crippen molar-refractivity contribution < 1.29 is 8.42 Å². The minimum absolute atomic E-state index is 0.237. The summed E-state index contributed by atoms with van der Waals surface area (Å²) in [5.41, 5.74) is 0. The van der Waals surface area contributed by atoms with Crippen molar-refractivity contribution in [3.63, 3.8) is 0 Å². The third-order valence-electron chi connectivity index (χ3n) is 3.69. The Balaban J connectivity index is 2.69. The maximum Gasteiger partial charge on any atom is 0.218 e. The summed E-state index contributed by atoms with van der Waals surface area (Å²) in [7, 11) is -3.16. The number of hydrogen-bond donors (Lipinski definition) is 1. The van der Waals surface area contributed by atoms with Crippen LogP contribution >= 0.6 is 0 Å². The third-order valence-corrected chi connectivity index (χ3v) is 6.09. The van der Waals surface area contributed by atoms with Crippen LogP contribution in [0.25, 0.3) is 0 Å². The second kappa shape index (κ2) is 6.87. The Bertz CT molecular complexity index is 335. The Morgan fingerprint density at radius 3 is 2.22 bits per heavy atom. The summed E-state index contributed by atoms with van der Waals surface area (Å²) in [5.74, 6) is 0. The van der Waals surface area contributed by atoms with Crippen molar-refractivity contribution >= 4 is 10.0 Å². The number of nitrogens with one attached hydrogen (secondary N) is 1. The summed E-state index contributed by atoms with van der Waals surface area (Å²) in [4.78, 5) is 0. The molecule has 1 unspecified atom stereocenters. The van der Waals surface area contributed by atoms with E-state index in [1.807, 2.05) is 27.7 Å². The average molecular weight is 276 g/mol. The lowest BCUT2D eigenvalue weighted by molar-refractivity contribution is 0.330. The minimum Gasteiger partial charge on any atom is -0.313 e. The standard InChI is InChI=1S/C13H28N2O2S/c1-5-15(13-8-6-7-9-13)18(16,17)12(4)10-14-11(2)3/h11-14H,5-10H2,1-4H3. The van der Waals surface area contributed by atoms with Gasteiger partial charge < -0.3 is 5.32 Å². The van der Waals surface area contributed by atoms with Crippen LogP contribution in [0.2, 0.25) is 0 Å². The third kappa shape index (κ3) is 3.93. The molecule has 1 aliphatic rings. The fourth-order valence-electron chi connectivity index (χ4n) is 2.58. The maximum absolute atomic E-state index is 12.5. The molecular weight excluding hydrogens is 248 g/mol. The summed E-state index contributed by atoms with van der Waals surface area (Å²) in [6, 6.07) is 0.561. The fourth-order valence-corrected chi connectivity index (χ4v) is 4.33. The van der Waals surface area contributed by atoms with Crippen LogP contribution in [-0.4, -0.2) is 43.1 Å². The molecule has 0 aromatic carbocycles. The Morgan fingerprint density at radius 2 is 1.78 bits per heavy atom. The van der Waals surface area contributed by atoms with Gasteiger partial charge in [0.25, 0.3) is 0 Å². The summed E-state index contributed by atoms with van der Waals surface area (Å²) in [6.45, 7) is 8.95. The van der Waals surface area contributed by atoms with E-state index in [4.69, 9.17) is 0 Å². The predicted molar refractivity (Wildman–Crippen MR) is 76.2 cm³/mol. The van der Waals surface area contributed by atoms with Gasteiger partial charge in [-0.15, -0.1) is 0 Å². The van der Waals surface area contributed by atoms with E-state index in [1.54, 1.807) is 4.31 Å². The highest BCUT2D eigenvalue weighted by molar-refractivity contribution is 7.89. The summed E-state index contributed by atoms with van der Waals surface area (Å²) >= 11 is 0. The van der Waals surface area contributed by atoms with Crippen molar-refractivity contribution in [1.82, 2.24) is 9.62 Å². The van der Waals surface area contributed by atoms with Gasteiger partial charge in [0.2, 0.25) is 10.0 Å². The maximum atomic E-state index is 12.5. The molecule has 0 radical (unpaired) electrons.